The topological polar surface area (TPSA) is 58.2 Å². The van der Waals surface area contributed by atoms with Crippen molar-refractivity contribution in [1.82, 2.24) is 10.6 Å². The highest BCUT2D eigenvalue weighted by atomic mass is 32.1. The molecular weight excluding hydrogens is 328 g/mol. The van der Waals surface area contributed by atoms with Crippen LogP contribution in [0.15, 0.2) is 47.2 Å². The van der Waals surface area contributed by atoms with E-state index in [1.165, 1.54) is 12.2 Å². The van der Waals surface area contributed by atoms with Crippen LogP contribution in [0.4, 0.5) is 0 Å². The van der Waals surface area contributed by atoms with E-state index in [0.29, 0.717) is 6.54 Å². The average Bonchev–Trinajstić information content (AvgIpc) is 3.22. The smallest absolute Gasteiger partial charge is 0.244 e. The first-order chi connectivity index (χ1) is 11.1. The molecule has 0 bridgehead atoms. The minimum absolute atomic E-state index is 0.144. The summed E-state index contributed by atoms with van der Waals surface area (Å²) >= 11 is 3.14. The van der Waals surface area contributed by atoms with Crippen molar-refractivity contribution in [2.45, 2.75) is 13.0 Å². The third-order valence-corrected chi connectivity index (χ3v) is 4.53. The first-order valence-electron chi connectivity index (χ1n) is 7.15. The monoisotopic (exact) mass is 346 g/mol. The molecule has 2 N–H and O–H groups in total. The molecule has 6 heteroatoms. The minimum Gasteiger partial charge on any atom is -0.351 e. The van der Waals surface area contributed by atoms with Gasteiger partial charge in [0.1, 0.15) is 0 Å². The predicted octanol–water partition coefficient (Wildman–Crippen LogP) is 3.16. The van der Waals surface area contributed by atoms with E-state index in [2.05, 4.69) is 10.6 Å². The lowest BCUT2D eigenvalue weighted by Crippen LogP contribution is -2.40. The third kappa shape index (κ3) is 6.63. The Hall–Kier alpha value is -2.18. The number of carbonyl (C=O) groups is 2. The maximum Gasteiger partial charge on any atom is 0.244 e. The van der Waals surface area contributed by atoms with E-state index in [9.17, 15) is 9.59 Å². The maximum atomic E-state index is 11.8. The summed E-state index contributed by atoms with van der Waals surface area (Å²) in [6.45, 7) is 2.23. The lowest BCUT2D eigenvalue weighted by Gasteiger charge is -2.12. The van der Waals surface area contributed by atoms with E-state index in [0.717, 1.165) is 9.75 Å². The van der Waals surface area contributed by atoms with Gasteiger partial charge in [-0.15, -0.1) is 22.7 Å². The second-order valence-corrected chi connectivity index (χ2v) is 6.81. The Labute approximate surface area is 143 Å². The number of hydrogen-bond donors (Lipinski definition) is 2. The van der Waals surface area contributed by atoms with Gasteiger partial charge >= 0.3 is 0 Å². The molecule has 0 unspecified atom stereocenters. The molecule has 0 aliphatic rings. The summed E-state index contributed by atoms with van der Waals surface area (Å²) in [7, 11) is 0. The lowest BCUT2D eigenvalue weighted by molar-refractivity contribution is -0.118. The molecule has 1 atom stereocenters. The van der Waals surface area contributed by atoms with Crippen LogP contribution < -0.4 is 10.6 Å². The molecule has 0 aromatic carbocycles. The number of hydrogen-bond acceptors (Lipinski definition) is 4. The Balaban J connectivity index is 1.69. The molecule has 23 heavy (non-hydrogen) atoms. The molecule has 0 fully saturated rings. The van der Waals surface area contributed by atoms with E-state index in [4.69, 9.17) is 0 Å². The molecule has 2 rings (SSSR count). The third-order valence-electron chi connectivity index (χ3n) is 2.86. The fourth-order valence-electron chi connectivity index (χ4n) is 1.74. The molecule has 2 aromatic rings. The van der Waals surface area contributed by atoms with Crippen LogP contribution in [0.5, 0.6) is 0 Å². The van der Waals surface area contributed by atoms with Gasteiger partial charge in [0.05, 0.1) is 0 Å². The largest absolute Gasteiger partial charge is 0.351 e. The van der Waals surface area contributed by atoms with Gasteiger partial charge in [0.2, 0.25) is 11.8 Å². The van der Waals surface area contributed by atoms with Gasteiger partial charge in [0.15, 0.2) is 0 Å². The zero-order valence-electron chi connectivity index (χ0n) is 12.7. The van der Waals surface area contributed by atoms with Gasteiger partial charge in [0.25, 0.3) is 0 Å². The summed E-state index contributed by atoms with van der Waals surface area (Å²) in [6, 6.07) is 7.61. The molecule has 2 amide bonds. The number of thiophene rings is 2. The van der Waals surface area contributed by atoms with Crippen LogP contribution in [0.25, 0.3) is 12.2 Å². The Morgan fingerprint density at radius 3 is 2.13 bits per heavy atom. The summed E-state index contributed by atoms with van der Waals surface area (Å²) in [5.41, 5.74) is 0. The molecule has 0 aliphatic carbocycles. The Morgan fingerprint density at radius 2 is 1.61 bits per heavy atom. The number of carbonyl (C=O) groups excluding carboxylic acids is 2. The number of rotatable bonds is 7. The first-order valence-corrected chi connectivity index (χ1v) is 8.91. The summed E-state index contributed by atoms with van der Waals surface area (Å²) in [5, 5.41) is 9.49. The molecule has 0 saturated heterocycles. The van der Waals surface area contributed by atoms with Crippen molar-refractivity contribution in [3.8, 4) is 0 Å². The second kappa shape index (κ2) is 9.07. The molecular formula is C17H18N2O2S2. The number of nitrogens with one attached hydrogen (secondary N) is 2. The van der Waals surface area contributed by atoms with Crippen molar-refractivity contribution in [1.29, 1.82) is 0 Å². The second-order valence-electron chi connectivity index (χ2n) is 4.85. The van der Waals surface area contributed by atoms with Crippen LogP contribution in [0, 0.1) is 0 Å². The Bertz CT molecular complexity index is 674. The molecule has 120 valence electrons. The first kappa shape index (κ1) is 17.2. The van der Waals surface area contributed by atoms with Crippen LogP contribution in [-0.2, 0) is 9.59 Å². The van der Waals surface area contributed by atoms with Gasteiger partial charge in [-0.05, 0) is 42.0 Å². The molecule has 0 saturated carbocycles. The van der Waals surface area contributed by atoms with E-state index < -0.39 is 0 Å². The van der Waals surface area contributed by atoms with E-state index in [-0.39, 0.29) is 17.9 Å². The SMILES string of the molecule is C[C@H](CNC(=O)/C=C/c1cccs1)NC(=O)/C=C/c1cccs1. The van der Waals surface area contributed by atoms with Crippen molar-refractivity contribution < 1.29 is 9.59 Å². The Morgan fingerprint density at radius 1 is 1.04 bits per heavy atom. The van der Waals surface area contributed by atoms with Crippen LogP contribution in [0.1, 0.15) is 16.7 Å². The number of amides is 2. The molecule has 0 radical (unpaired) electrons. The normalized spacial score (nSPS) is 12.6. The van der Waals surface area contributed by atoms with E-state index >= 15 is 0 Å². The molecule has 0 aliphatic heterocycles. The summed E-state index contributed by atoms with van der Waals surface area (Å²) < 4.78 is 0. The van der Waals surface area contributed by atoms with Gasteiger partial charge < -0.3 is 10.6 Å². The average molecular weight is 346 g/mol. The fourth-order valence-corrected chi connectivity index (χ4v) is 2.98. The fraction of sp³-hybridized carbons (Fsp3) is 0.176. The van der Waals surface area contributed by atoms with E-state index in [1.54, 1.807) is 34.8 Å². The minimum atomic E-state index is -0.173. The maximum absolute atomic E-state index is 11.8. The van der Waals surface area contributed by atoms with Crippen molar-refractivity contribution in [3.05, 3.63) is 56.9 Å². The zero-order chi connectivity index (χ0) is 16.5. The molecule has 0 spiro atoms. The van der Waals surface area contributed by atoms with Crippen molar-refractivity contribution in [2.75, 3.05) is 6.54 Å². The standard InChI is InChI=1S/C17H18N2O2S2/c1-13(19-17(21)9-7-15-5-3-11-23-15)12-18-16(20)8-6-14-4-2-10-22-14/h2-11,13H,12H2,1H3,(H,18,20)(H,19,21)/b8-6+,9-7+/t13-/m1/s1. The highest BCUT2D eigenvalue weighted by molar-refractivity contribution is 7.11. The molecule has 4 nitrogen and oxygen atoms in total. The van der Waals surface area contributed by atoms with Gasteiger partial charge in [0, 0.05) is 34.5 Å². The van der Waals surface area contributed by atoms with Gasteiger partial charge in [-0.1, -0.05) is 12.1 Å². The molecule has 2 heterocycles. The highest BCUT2D eigenvalue weighted by Crippen LogP contribution is 2.10. The van der Waals surface area contributed by atoms with Gasteiger partial charge in [-0.2, -0.15) is 0 Å². The summed E-state index contributed by atoms with van der Waals surface area (Å²) in [5.74, 6) is -0.345. The van der Waals surface area contributed by atoms with E-state index in [1.807, 2.05) is 41.9 Å². The van der Waals surface area contributed by atoms with Crippen LogP contribution in [0.3, 0.4) is 0 Å². The predicted molar refractivity (Wildman–Crippen MR) is 97.3 cm³/mol. The molecule has 2 aromatic heterocycles. The van der Waals surface area contributed by atoms with Crippen LogP contribution in [0.2, 0.25) is 0 Å². The van der Waals surface area contributed by atoms with Crippen molar-refractivity contribution in [2.24, 2.45) is 0 Å². The van der Waals surface area contributed by atoms with Gasteiger partial charge in [-0.3, -0.25) is 9.59 Å². The lowest BCUT2D eigenvalue weighted by atomic mass is 10.3. The highest BCUT2D eigenvalue weighted by Gasteiger charge is 2.05. The van der Waals surface area contributed by atoms with Crippen LogP contribution >= 0.6 is 22.7 Å². The summed E-state index contributed by atoms with van der Waals surface area (Å²) in [4.78, 5) is 25.5. The van der Waals surface area contributed by atoms with Crippen molar-refractivity contribution >= 4 is 46.6 Å². The van der Waals surface area contributed by atoms with Crippen molar-refractivity contribution in [3.63, 3.8) is 0 Å². The van der Waals surface area contributed by atoms with Gasteiger partial charge in [-0.25, -0.2) is 0 Å². The van der Waals surface area contributed by atoms with Crippen LogP contribution in [-0.4, -0.2) is 24.4 Å². The Kier molecular flexibility index (Phi) is 6.77. The summed E-state index contributed by atoms with van der Waals surface area (Å²) in [6.07, 6.45) is 6.54. The quantitative estimate of drug-likeness (QED) is 0.757. The zero-order valence-corrected chi connectivity index (χ0v) is 14.3.